The molecule has 1 atom stereocenters. The van der Waals surface area contributed by atoms with Crippen molar-refractivity contribution in [2.75, 3.05) is 0 Å². The van der Waals surface area contributed by atoms with Gasteiger partial charge in [0.15, 0.2) is 0 Å². The van der Waals surface area contributed by atoms with Gasteiger partial charge in [-0.15, -0.1) is 0 Å². The summed E-state index contributed by atoms with van der Waals surface area (Å²) in [6, 6.07) is 15.5. The fraction of sp³-hybridized carbons (Fsp3) is 0.350. The van der Waals surface area contributed by atoms with Crippen LogP contribution in [-0.4, -0.2) is 17.2 Å². The van der Waals surface area contributed by atoms with Gasteiger partial charge in [0.25, 0.3) is 0 Å². The number of hydrogen-bond donors (Lipinski definition) is 1. The molecule has 0 bridgehead atoms. The van der Waals surface area contributed by atoms with Gasteiger partial charge in [0.05, 0.1) is 12.0 Å². The normalized spacial score (nSPS) is 12.2. The van der Waals surface area contributed by atoms with E-state index in [4.69, 9.17) is 4.74 Å². The van der Waals surface area contributed by atoms with Crippen LogP contribution in [0.5, 0.6) is 5.75 Å². The Morgan fingerprint density at radius 3 is 2.04 bits per heavy atom. The smallest absolute Gasteiger partial charge is 0.311 e. The van der Waals surface area contributed by atoms with E-state index in [2.05, 4.69) is 6.92 Å². The van der Waals surface area contributed by atoms with Gasteiger partial charge in [-0.05, 0) is 55.5 Å². The minimum Gasteiger partial charge on any atom is -0.491 e. The number of aliphatic carboxylic acids is 1. The quantitative estimate of drug-likeness (QED) is 0.821. The second-order valence-electron chi connectivity index (χ2n) is 6.00. The van der Waals surface area contributed by atoms with Crippen LogP contribution in [0.1, 0.15) is 43.4 Å². The molecule has 1 unspecified atom stereocenters. The molecule has 0 aliphatic rings. The van der Waals surface area contributed by atoms with E-state index in [1.54, 1.807) is 0 Å². The van der Waals surface area contributed by atoms with Crippen LogP contribution in [0.4, 0.5) is 0 Å². The number of carboxylic acid groups (broad SMARTS) is 1. The molecule has 0 saturated carbocycles. The molecule has 23 heavy (non-hydrogen) atoms. The van der Waals surface area contributed by atoms with Gasteiger partial charge in [0, 0.05) is 0 Å². The van der Waals surface area contributed by atoms with E-state index in [9.17, 15) is 9.90 Å². The lowest BCUT2D eigenvalue weighted by Gasteiger charge is -2.14. The van der Waals surface area contributed by atoms with Gasteiger partial charge >= 0.3 is 5.97 Å². The summed E-state index contributed by atoms with van der Waals surface area (Å²) in [5.41, 5.74) is 3.05. The molecule has 2 rings (SSSR count). The van der Waals surface area contributed by atoms with E-state index < -0.39 is 11.9 Å². The monoisotopic (exact) mass is 312 g/mol. The zero-order chi connectivity index (χ0) is 16.8. The first-order valence-electron chi connectivity index (χ1n) is 8.06. The van der Waals surface area contributed by atoms with Crippen molar-refractivity contribution in [3.63, 3.8) is 0 Å². The van der Waals surface area contributed by atoms with Crippen LogP contribution in [0.15, 0.2) is 48.5 Å². The highest BCUT2D eigenvalue weighted by molar-refractivity contribution is 5.76. The Labute approximate surface area is 137 Å². The minimum atomic E-state index is -0.795. The molecule has 0 saturated heterocycles. The van der Waals surface area contributed by atoms with Crippen molar-refractivity contribution in [2.24, 2.45) is 0 Å². The molecule has 3 heteroatoms. The van der Waals surface area contributed by atoms with Gasteiger partial charge in [0.2, 0.25) is 0 Å². The maximum atomic E-state index is 11.6. The Hall–Kier alpha value is -2.29. The first-order chi connectivity index (χ1) is 11.0. The predicted octanol–water partition coefficient (Wildman–Crippen LogP) is 4.45. The molecule has 0 aromatic heterocycles. The van der Waals surface area contributed by atoms with Gasteiger partial charge in [-0.3, -0.25) is 4.79 Å². The fourth-order valence-corrected chi connectivity index (χ4v) is 2.55. The second-order valence-corrected chi connectivity index (χ2v) is 6.00. The molecule has 2 aromatic rings. The molecular formula is C20H24O3. The van der Waals surface area contributed by atoms with E-state index in [1.807, 2.05) is 62.4 Å². The van der Waals surface area contributed by atoms with Gasteiger partial charge in [-0.1, -0.05) is 43.3 Å². The summed E-state index contributed by atoms with van der Waals surface area (Å²) in [7, 11) is 0. The zero-order valence-corrected chi connectivity index (χ0v) is 14.0. The van der Waals surface area contributed by atoms with Crippen molar-refractivity contribution in [1.29, 1.82) is 0 Å². The van der Waals surface area contributed by atoms with Crippen LogP contribution in [0, 0.1) is 0 Å². The Balaban J connectivity index is 2.14. The van der Waals surface area contributed by atoms with E-state index in [-0.39, 0.29) is 6.10 Å². The van der Waals surface area contributed by atoms with Gasteiger partial charge < -0.3 is 9.84 Å². The Kier molecular flexibility index (Phi) is 5.80. The number of ether oxygens (including phenoxy) is 1. The molecule has 2 aromatic carbocycles. The average molecular weight is 312 g/mol. The van der Waals surface area contributed by atoms with Crippen LogP contribution in [0.2, 0.25) is 0 Å². The molecule has 3 nitrogen and oxygen atoms in total. The van der Waals surface area contributed by atoms with Gasteiger partial charge in [-0.25, -0.2) is 0 Å². The van der Waals surface area contributed by atoms with Crippen molar-refractivity contribution in [3.8, 4) is 5.75 Å². The summed E-state index contributed by atoms with van der Waals surface area (Å²) in [5.74, 6) is -0.516. The topological polar surface area (TPSA) is 46.5 Å². The molecule has 0 amide bonds. The lowest BCUT2D eigenvalue weighted by molar-refractivity contribution is -0.138. The van der Waals surface area contributed by atoms with Crippen molar-refractivity contribution in [2.45, 2.75) is 45.6 Å². The van der Waals surface area contributed by atoms with Crippen molar-refractivity contribution < 1.29 is 14.6 Å². The standard InChI is InChI=1S/C20H24O3/c1-4-15-5-9-17(10-6-15)19(20(21)22)13-16-7-11-18(12-8-16)23-14(2)3/h5-12,14,19H,4,13H2,1-3H3,(H,21,22). The maximum absolute atomic E-state index is 11.6. The molecule has 0 radical (unpaired) electrons. The van der Waals surface area contributed by atoms with E-state index >= 15 is 0 Å². The van der Waals surface area contributed by atoms with Gasteiger partial charge in [0.1, 0.15) is 5.75 Å². The Bertz CT molecular complexity index is 627. The molecule has 0 heterocycles. The van der Waals surface area contributed by atoms with Crippen molar-refractivity contribution in [1.82, 2.24) is 0 Å². The van der Waals surface area contributed by atoms with Crippen LogP contribution in [0.25, 0.3) is 0 Å². The maximum Gasteiger partial charge on any atom is 0.311 e. The molecule has 0 fully saturated rings. The predicted molar refractivity (Wildman–Crippen MR) is 92.1 cm³/mol. The number of benzene rings is 2. The van der Waals surface area contributed by atoms with Crippen molar-refractivity contribution in [3.05, 3.63) is 65.2 Å². The second kappa shape index (κ2) is 7.82. The minimum absolute atomic E-state index is 0.129. The SMILES string of the molecule is CCc1ccc(C(Cc2ccc(OC(C)C)cc2)C(=O)O)cc1. The van der Waals surface area contributed by atoms with Crippen molar-refractivity contribution >= 4 is 5.97 Å². The first kappa shape index (κ1) is 17.1. The summed E-state index contributed by atoms with van der Waals surface area (Å²) in [5, 5.41) is 9.56. The third-order valence-corrected chi connectivity index (χ3v) is 3.82. The highest BCUT2D eigenvalue weighted by Gasteiger charge is 2.20. The van der Waals surface area contributed by atoms with E-state index in [0.29, 0.717) is 6.42 Å². The number of carbonyl (C=O) groups is 1. The molecule has 0 aliphatic carbocycles. The largest absolute Gasteiger partial charge is 0.491 e. The lowest BCUT2D eigenvalue weighted by atomic mass is 9.91. The first-order valence-corrected chi connectivity index (χ1v) is 8.06. The fourth-order valence-electron chi connectivity index (χ4n) is 2.55. The molecule has 1 N–H and O–H groups in total. The lowest BCUT2D eigenvalue weighted by Crippen LogP contribution is -2.14. The summed E-state index contributed by atoms with van der Waals surface area (Å²) in [6.45, 7) is 6.05. The number of hydrogen-bond acceptors (Lipinski definition) is 2. The van der Waals surface area contributed by atoms with E-state index in [1.165, 1.54) is 5.56 Å². The van der Waals surface area contributed by atoms with Crippen LogP contribution in [0.3, 0.4) is 0 Å². The molecule has 0 spiro atoms. The number of carboxylic acids is 1. The van der Waals surface area contributed by atoms with Gasteiger partial charge in [-0.2, -0.15) is 0 Å². The Morgan fingerprint density at radius 2 is 1.57 bits per heavy atom. The Morgan fingerprint density at radius 1 is 1.00 bits per heavy atom. The molecule has 122 valence electrons. The summed E-state index contributed by atoms with van der Waals surface area (Å²) >= 11 is 0. The summed E-state index contributed by atoms with van der Waals surface area (Å²) in [6.07, 6.45) is 1.56. The number of rotatable bonds is 7. The summed E-state index contributed by atoms with van der Waals surface area (Å²) in [4.78, 5) is 11.6. The van der Waals surface area contributed by atoms with E-state index in [0.717, 1.165) is 23.3 Å². The summed E-state index contributed by atoms with van der Waals surface area (Å²) < 4.78 is 5.62. The van der Waals surface area contributed by atoms with Crippen LogP contribution < -0.4 is 4.74 Å². The average Bonchev–Trinajstić information content (AvgIpc) is 2.53. The zero-order valence-electron chi connectivity index (χ0n) is 14.0. The highest BCUT2D eigenvalue weighted by Crippen LogP contribution is 2.23. The van der Waals surface area contributed by atoms with Crippen LogP contribution in [-0.2, 0) is 17.6 Å². The molecular weight excluding hydrogens is 288 g/mol. The number of aryl methyl sites for hydroxylation is 1. The molecule has 0 aliphatic heterocycles. The highest BCUT2D eigenvalue weighted by atomic mass is 16.5. The van der Waals surface area contributed by atoms with Crippen LogP contribution >= 0.6 is 0 Å². The third kappa shape index (κ3) is 4.85. The third-order valence-electron chi connectivity index (χ3n) is 3.82.